The number of hydrogen-bond acceptors (Lipinski definition) is 4. The lowest BCUT2D eigenvalue weighted by atomic mass is 10.1. The van der Waals surface area contributed by atoms with Crippen molar-refractivity contribution in [3.8, 4) is 11.5 Å². The van der Waals surface area contributed by atoms with Crippen LogP contribution < -0.4 is 14.8 Å². The predicted octanol–water partition coefficient (Wildman–Crippen LogP) is 4.44. The van der Waals surface area contributed by atoms with Gasteiger partial charge in [0.15, 0.2) is 11.5 Å². The van der Waals surface area contributed by atoms with Crippen LogP contribution >= 0.6 is 23.2 Å². The first-order valence-corrected chi connectivity index (χ1v) is 8.90. The van der Waals surface area contributed by atoms with E-state index < -0.39 is 0 Å². The van der Waals surface area contributed by atoms with E-state index in [0.717, 1.165) is 17.5 Å². The quantitative estimate of drug-likeness (QED) is 0.671. The Bertz CT molecular complexity index is 673. The van der Waals surface area contributed by atoms with Crippen molar-refractivity contribution in [3.05, 3.63) is 57.6 Å². The molecule has 0 aliphatic heterocycles. The highest BCUT2D eigenvalue weighted by Gasteiger charge is 2.13. The summed E-state index contributed by atoms with van der Waals surface area (Å²) in [5.41, 5.74) is 1.95. The highest BCUT2D eigenvalue weighted by atomic mass is 35.5. The minimum absolute atomic E-state index is 0.0607. The zero-order chi connectivity index (χ0) is 18.2. The normalized spacial score (nSPS) is 12.0. The SMILES string of the molecule is CC[C@H](CO)NCc1cc(Cl)c(OCc2ccc(Cl)cc2)c(OC)c1. The molecule has 0 saturated heterocycles. The Kier molecular flexibility index (Phi) is 7.85. The van der Waals surface area contributed by atoms with Crippen LogP contribution in [0.1, 0.15) is 24.5 Å². The first-order chi connectivity index (χ1) is 12.1. The standard InChI is InChI=1S/C19H23Cl2NO3/c1-3-16(11-23)22-10-14-8-17(21)19(18(9-14)24-2)25-12-13-4-6-15(20)7-5-13/h4-9,16,22-23H,3,10-12H2,1-2H3/t16-/m1/s1. The van der Waals surface area contributed by atoms with Gasteiger partial charge in [0, 0.05) is 17.6 Å². The summed E-state index contributed by atoms with van der Waals surface area (Å²) < 4.78 is 11.3. The summed E-state index contributed by atoms with van der Waals surface area (Å²) in [6.07, 6.45) is 0.851. The fourth-order valence-corrected chi connectivity index (χ4v) is 2.77. The van der Waals surface area contributed by atoms with Gasteiger partial charge in [0.25, 0.3) is 0 Å². The van der Waals surface area contributed by atoms with E-state index in [4.69, 9.17) is 32.7 Å². The fourth-order valence-electron chi connectivity index (χ4n) is 2.35. The second kappa shape index (κ2) is 9.88. The van der Waals surface area contributed by atoms with E-state index in [1.54, 1.807) is 7.11 Å². The van der Waals surface area contributed by atoms with Gasteiger partial charge in [-0.1, -0.05) is 42.3 Å². The molecular weight excluding hydrogens is 361 g/mol. The molecule has 2 rings (SSSR count). The van der Waals surface area contributed by atoms with Gasteiger partial charge in [-0.3, -0.25) is 0 Å². The van der Waals surface area contributed by atoms with Crippen molar-refractivity contribution in [3.63, 3.8) is 0 Å². The molecule has 0 bridgehead atoms. The van der Waals surface area contributed by atoms with E-state index in [2.05, 4.69) is 5.32 Å². The van der Waals surface area contributed by atoms with Crippen molar-refractivity contribution >= 4 is 23.2 Å². The van der Waals surface area contributed by atoms with E-state index >= 15 is 0 Å². The van der Waals surface area contributed by atoms with Crippen LogP contribution in [0.3, 0.4) is 0 Å². The topological polar surface area (TPSA) is 50.7 Å². The molecule has 0 saturated carbocycles. The summed E-state index contributed by atoms with van der Waals surface area (Å²) in [6.45, 7) is 3.08. The Balaban J connectivity index is 2.09. The Morgan fingerprint density at radius 1 is 1.12 bits per heavy atom. The Hall–Kier alpha value is -1.46. The highest BCUT2D eigenvalue weighted by Crippen LogP contribution is 2.37. The Morgan fingerprint density at radius 3 is 2.44 bits per heavy atom. The molecule has 0 fully saturated rings. The van der Waals surface area contributed by atoms with Crippen LogP contribution in [0.5, 0.6) is 11.5 Å². The lowest BCUT2D eigenvalue weighted by Crippen LogP contribution is -2.31. The molecule has 2 aromatic carbocycles. The van der Waals surface area contributed by atoms with Crippen LogP contribution in [0.4, 0.5) is 0 Å². The molecule has 2 N–H and O–H groups in total. The van der Waals surface area contributed by atoms with Gasteiger partial charge in [-0.2, -0.15) is 0 Å². The van der Waals surface area contributed by atoms with E-state index in [1.165, 1.54) is 0 Å². The first kappa shape index (κ1) is 19.9. The summed E-state index contributed by atoms with van der Waals surface area (Å²) in [7, 11) is 1.58. The summed E-state index contributed by atoms with van der Waals surface area (Å²) in [5.74, 6) is 1.09. The van der Waals surface area contributed by atoms with Gasteiger partial charge < -0.3 is 19.9 Å². The molecule has 136 valence electrons. The van der Waals surface area contributed by atoms with E-state index in [1.807, 2.05) is 43.3 Å². The van der Waals surface area contributed by atoms with Crippen molar-refractivity contribution in [2.24, 2.45) is 0 Å². The molecule has 0 spiro atoms. The number of hydrogen-bond donors (Lipinski definition) is 2. The van der Waals surface area contributed by atoms with Gasteiger partial charge in [-0.05, 0) is 41.8 Å². The number of benzene rings is 2. The molecular formula is C19H23Cl2NO3. The monoisotopic (exact) mass is 383 g/mol. The van der Waals surface area contributed by atoms with Crippen molar-refractivity contribution in [1.82, 2.24) is 5.32 Å². The number of ether oxygens (including phenoxy) is 2. The van der Waals surface area contributed by atoms with Crippen LogP contribution in [0, 0.1) is 0 Å². The summed E-state index contributed by atoms with van der Waals surface area (Å²) in [6, 6.07) is 11.2. The molecule has 2 aromatic rings. The zero-order valence-electron chi connectivity index (χ0n) is 14.4. The zero-order valence-corrected chi connectivity index (χ0v) is 15.9. The maximum Gasteiger partial charge on any atom is 0.180 e. The predicted molar refractivity (Wildman–Crippen MR) is 102 cm³/mol. The minimum Gasteiger partial charge on any atom is -0.493 e. The lowest BCUT2D eigenvalue weighted by Gasteiger charge is -2.17. The number of aliphatic hydroxyl groups excluding tert-OH is 1. The third-order valence-electron chi connectivity index (χ3n) is 3.89. The van der Waals surface area contributed by atoms with Gasteiger partial charge in [0.2, 0.25) is 0 Å². The smallest absolute Gasteiger partial charge is 0.180 e. The van der Waals surface area contributed by atoms with Crippen molar-refractivity contribution in [1.29, 1.82) is 0 Å². The number of halogens is 2. The molecule has 0 amide bonds. The Morgan fingerprint density at radius 2 is 1.84 bits per heavy atom. The fraction of sp³-hybridized carbons (Fsp3) is 0.368. The Labute approximate surface area is 158 Å². The molecule has 0 aliphatic rings. The van der Waals surface area contributed by atoms with E-state index in [9.17, 15) is 5.11 Å². The maximum absolute atomic E-state index is 9.26. The van der Waals surface area contributed by atoms with Crippen molar-refractivity contribution in [2.75, 3.05) is 13.7 Å². The lowest BCUT2D eigenvalue weighted by molar-refractivity contribution is 0.238. The van der Waals surface area contributed by atoms with Crippen LogP contribution in [0.25, 0.3) is 0 Å². The molecule has 25 heavy (non-hydrogen) atoms. The van der Waals surface area contributed by atoms with E-state index in [-0.39, 0.29) is 12.6 Å². The van der Waals surface area contributed by atoms with Gasteiger partial charge in [0.05, 0.1) is 18.7 Å². The van der Waals surface area contributed by atoms with Gasteiger partial charge in [-0.25, -0.2) is 0 Å². The van der Waals surface area contributed by atoms with Crippen LogP contribution in [0.15, 0.2) is 36.4 Å². The largest absolute Gasteiger partial charge is 0.493 e. The third-order valence-corrected chi connectivity index (χ3v) is 4.43. The molecule has 0 unspecified atom stereocenters. The average molecular weight is 384 g/mol. The molecule has 0 aromatic heterocycles. The van der Waals surface area contributed by atoms with Crippen LogP contribution in [-0.4, -0.2) is 24.9 Å². The molecule has 0 heterocycles. The third kappa shape index (κ3) is 5.79. The molecule has 0 radical (unpaired) electrons. The summed E-state index contributed by atoms with van der Waals surface area (Å²) >= 11 is 12.3. The maximum atomic E-state index is 9.26. The molecule has 0 aliphatic carbocycles. The second-order valence-corrected chi connectivity index (χ2v) is 6.54. The average Bonchev–Trinajstić information content (AvgIpc) is 2.62. The number of aliphatic hydroxyl groups is 1. The minimum atomic E-state index is 0.0607. The summed E-state index contributed by atoms with van der Waals surface area (Å²) in [5, 5.41) is 13.7. The first-order valence-electron chi connectivity index (χ1n) is 8.15. The van der Waals surface area contributed by atoms with Gasteiger partial charge in [-0.15, -0.1) is 0 Å². The molecule has 6 heteroatoms. The van der Waals surface area contributed by atoms with E-state index in [0.29, 0.717) is 34.7 Å². The van der Waals surface area contributed by atoms with Crippen LogP contribution in [0.2, 0.25) is 10.0 Å². The number of nitrogens with one attached hydrogen (secondary N) is 1. The van der Waals surface area contributed by atoms with Gasteiger partial charge in [0.1, 0.15) is 6.61 Å². The van der Waals surface area contributed by atoms with Gasteiger partial charge >= 0.3 is 0 Å². The highest BCUT2D eigenvalue weighted by molar-refractivity contribution is 6.32. The van der Waals surface area contributed by atoms with Crippen molar-refractivity contribution in [2.45, 2.75) is 32.5 Å². The van der Waals surface area contributed by atoms with Crippen LogP contribution in [-0.2, 0) is 13.2 Å². The molecule has 1 atom stereocenters. The van der Waals surface area contributed by atoms with Crippen molar-refractivity contribution < 1.29 is 14.6 Å². The summed E-state index contributed by atoms with van der Waals surface area (Å²) in [4.78, 5) is 0. The molecule has 4 nitrogen and oxygen atoms in total. The number of methoxy groups -OCH3 is 1. The second-order valence-electron chi connectivity index (χ2n) is 5.69. The number of rotatable bonds is 9.